The molecule has 1 aliphatic heterocycles. The summed E-state index contributed by atoms with van der Waals surface area (Å²) in [6.45, 7) is 0.840. The largest absolute Gasteiger partial charge is 0.433 e. The maximum Gasteiger partial charge on any atom is 0.433 e. The van der Waals surface area contributed by atoms with Crippen molar-refractivity contribution in [3.63, 3.8) is 0 Å². The minimum Gasteiger partial charge on any atom is -0.366 e. The molecule has 0 spiro atoms. The molecule has 0 saturated carbocycles. The molecule has 0 unspecified atom stereocenters. The third-order valence-corrected chi connectivity index (χ3v) is 4.94. The van der Waals surface area contributed by atoms with Crippen LogP contribution in [0.2, 0.25) is 0 Å². The Bertz CT molecular complexity index is 1200. The van der Waals surface area contributed by atoms with Gasteiger partial charge in [-0.1, -0.05) is 0 Å². The second-order valence-electron chi connectivity index (χ2n) is 7.11. The van der Waals surface area contributed by atoms with Crippen LogP contribution in [0.3, 0.4) is 0 Å². The summed E-state index contributed by atoms with van der Waals surface area (Å²) in [7, 11) is 0. The molecule has 1 amide bonds. The van der Waals surface area contributed by atoms with Gasteiger partial charge in [0.15, 0.2) is 0 Å². The number of fused-ring (bicyclic) bond motifs is 2. The molecule has 4 aromatic rings. The molecule has 0 radical (unpaired) electrons. The SMILES string of the molecule is FC(F)(F)c1cc(-c2cc3n(n2)CCCC3)ccn1.NC(=O)c1ccc2ccnn2c1. The molecular formula is C21H19F3N6O. The quantitative estimate of drug-likeness (QED) is 0.527. The summed E-state index contributed by atoms with van der Waals surface area (Å²) in [6.07, 6.45) is 3.14. The van der Waals surface area contributed by atoms with E-state index in [-0.39, 0.29) is 0 Å². The number of halogens is 3. The van der Waals surface area contributed by atoms with E-state index in [1.54, 1.807) is 35.1 Å². The maximum atomic E-state index is 12.6. The first-order chi connectivity index (χ1) is 14.8. The molecule has 4 aromatic heterocycles. The van der Waals surface area contributed by atoms with Gasteiger partial charge in [0.1, 0.15) is 5.69 Å². The van der Waals surface area contributed by atoms with Gasteiger partial charge in [-0.3, -0.25) is 14.5 Å². The minimum absolute atomic E-state index is 0.438. The summed E-state index contributed by atoms with van der Waals surface area (Å²) < 4.78 is 41.4. The van der Waals surface area contributed by atoms with Crippen molar-refractivity contribution in [2.24, 2.45) is 5.73 Å². The molecule has 1 aliphatic rings. The van der Waals surface area contributed by atoms with Crippen LogP contribution >= 0.6 is 0 Å². The number of nitrogens with two attached hydrogens (primary N) is 1. The van der Waals surface area contributed by atoms with Crippen LogP contribution in [0.4, 0.5) is 13.2 Å². The molecule has 5 rings (SSSR count). The monoisotopic (exact) mass is 428 g/mol. The molecule has 160 valence electrons. The van der Waals surface area contributed by atoms with E-state index in [1.807, 2.05) is 16.8 Å². The van der Waals surface area contributed by atoms with Crippen LogP contribution in [0.25, 0.3) is 16.8 Å². The van der Waals surface area contributed by atoms with Crippen molar-refractivity contribution in [1.29, 1.82) is 0 Å². The topological polar surface area (TPSA) is 91.1 Å². The Morgan fingerprint density at radius 1 is 1.06 bits per heavy atom. The van der Waals surface area contributed by atoms with Gasteiger partial charge >= 0.3 is 6.18 Å². The number of aromatic nitrogens is 5. The molecule has 0 saturated heterocycles. The van der Waals surface area contributed by atoms with Crippen molar-refractivity contribution in [2.75, 3.05) is 0 Å². The van der Waals surface area contributed by atoms with E-state index in [2.05, 4.69) is 15.2 Å². The first-order valence-corrected chi connectivity index (χ1v) is 9.65. The summed E-state index contributed by atoms with van der Waals surface area (Å²) in [6, 6.07) is 9.81. The number of primary amides is 1. The number of pyridine rings is 2. The number of hydrogen-bond donors (Lipinski definition) is 1. The Labute approximate surface area is 175 Å². The average Bonchev–Trinajstić information content (AvgIpc) is 3.40. The number of carbonyl (C=O) groups excluding carboxylic acids is 1. The van der Waals surface area contributed by atoms with Crippen LogP contribution < -0.4 is 5.73 Å². The van der Waals surface area contributed by atoms with Crippen molar-refractivity contribution in [3.8, 4) is 11.3 Å². The number of alkyl halides is 3. The van der Waals surface area contributed by atoms with E-state index >= 15 is 0 Å². The normalized spacial score (nSPS) is 13.4. The number of nitrogens with zero attached hydrogens (tertiary/aromatic N) is 5. The molecule has 10 heteroatoms. The van der Waals surface area contributed by atoms with Crippen LogP contribution in [-0.2, 0) is 19.1 Å². The first-order valence-electron chi connectivity index (χ1n) is 9.65. The van der Waals surface area contributed by atoms with E-state index in [0.29, 0.717) is 16.8 Å². The van der Waals surface area contributed by atoms with Gasteiger partial charge in [-0.25, -0.2) is 4.52 Å². The van der Waals surface area contributed by atoms with Crippen molar-refractivity contribution < 1.29 is 18.0 Å². The highest BCUT2D eigenvalue weighted by Gasteiger charge is 2.32. The lowest BCUT2D eigenvalue weighted by atomic mass is 10.1. The van der Waals surface area contributed by atoms with Crippen LogP contribution in [0.15, 0.2) is 55.0 Å². The van der Waals surface area contributed by atoms with Crippen LogP contribution in [0.5, 0.6) is 0 Å². The van der Waals surface area contributed by atoms with E-state index in [9.17, 15) is 18.0 Å². The zero-order valence-electron chi connectivity index (χ0n) is 16.4. The van der Waals surface area contributed by atoms with Crippen LogP contribution in [0, 0.1) is 0 Å². The second-order valence-corrected chi connectivity index (χ2v) is 7.11. The van der Waals surface area contributed by atoms with Gasteiger partial charge in [-0.2, -0.15) is 23.4 Å². The van der Waals surface area contributed by atoms with E-state index < -0.39 is 17.8 Å². The van der Waals surface area contributed by atoms with Crippen LogP contribution in [0.1, 0.15) is 34.6 Å². The number of rotatable bonds is 2. The fourth-order valence-electron chi connectivity index (χ4n) is 3.36. The predicted octanol–water partition coefficient (Wildman–Crippen LogP) is 3.73. The highest BCUT2D eigenvalue weighted by Crippen LogP contribution is 2.30. The summed E-state index contributed by atoms with van der Waals surface area (Å²) in [5.41, 5.74) is 7.76. The van der Waals surface area contributed by atoms with Gasteiger partial charge in [0.25, 0.3) is 0 Å². The average molecular weight is 428 g/mol. The summed E-state index contributed by atoms with van der Waals surface area (Å²) in [5.74, 6) is -0.438. The Morgan fingerprint density at radius 2 is 1.90 bits per heavy atom. The summed E-state index contributed by atoms with van der Waals surface area (Å²) in [5, 5.41) is 8.34. The molecule has 31 heavy (non-hydrogen) atoms. The summed E-state index contributed by atoms with van der Waals surface area (Å²) >= 11 is 0. The summed E-state index contributed by atoms with van der Waals surface area (Å²) in [4.78, 5) is 14.1. The van der Waals surface area contributed by atoms with Gasteiger partial charge in [0, 0.05) is 36.4 Å². The minimum atomic E-state index is -4.42. The van der Waals surface area contributed by atoms with Gasteiger partial charge in [0.2, 0.25) is 5.91 Å². The highest BCUT2D eigenvalue weighted by molar-refractivity contribution is 5.92. The van der Waals surface area contributed by atoms with Gasteiger partial charge in [0.05, 0.1) is 16.8 Å². The second kappa shape index (κ2) is 8.21. The lowest BCUT2D eigenvalue weighted by Gasteiger charge is -2.11. The Kier molecular flexibility index (Phi) is 5.45. The molecule has 2 N–H and O–H groups in total. The van der Waals surface area contributed by atoms with Crippen molar-refractivity contribution in [1.82, 2.24) is 24.4 Å². The molecule has 0 atom stereocenters. The molecule has 0 aromatic carbocycles. The molecule has 0 fully saturated rings. The molecule has 7 nitrogen and oxygen atoms in total. The van der Waals surface area contributed by atoms with Crippen LogP contribution in [-0.4, -0.2) is 30.3 Å². The Hall–Kier alpha value is -3.69. The fourth-order valence-corrected chi connectivity index (χ4v) is 3.36. The Balaban J connectivity index is 0.000000166. The third-order valence-electron chi connectivity index (χ3n) is 4.94. The zero-order chi connectivity index (χ0) is 22.0. The third kappa shape index (κ3) is 4.57. The van der Waals surface area contributed by atoms with Gasteiger partial charge in [-0.15, -0.1) is 0 Å². The number of carbonyl (C=O) groups is 1. The molecule has 0 aliphatic carbocycles. The van der Waals surface area contributed by atoms with Crippen molar-refractivity contribution in [3.05, 3.63) is 71.9 Å². The first kappa shape index (κ1) is 20.6. The Morgan fingerprint density at radius 3 is 2.65 bits per heavy atom. The van der Waals surface area contributed by atoms with Gasteiger partial charge in [-0.05, 0) is 55.7 Å². The zero-order valence-corrected chi connectivity index (χ0v) is 16.4. The number of hydrogen-bond acceptors (Lipinski definition) is 4. The smallest absolute Gasteiger partial charge is 0.366 e. The standard InChI is InChI=1S/C13H12F3N3.C8H7N3O/c14-13(15,16)12-7-9(4-5-17-12)11-8-10-3-1-2-6-19(10)18-11;9-8(12)6-1-2-7-3-4-10-11(7)5-6/h4-5,7-8H,1-3,6H2;1-5H,(H2,9,12). The van der Waals surface area contributed by atoms with Crippen molar-refractivity contribution >= 4 is 11.4 Å². The fraction of sp³-hybridized carbons (Fsp3) is 0.238. The molecule has 5 heterocycles. The van der Waals surface area contributed by atoms with Gasteiger partial charge < -0.3 is 5.73 Å². The van der Waals surface area contributed by atoms with Crippen molar-refractivity contribution in [2.45, 2.75) is 32.0 Å². The van der Waals surface area contributed by atoms with E-state index in [0.717, 1.165) is 43.1 Å². The van der Waals surface area contributed by atoms with E-state index in [4.69, 9.17) is 5.73 Å². The highest BCUT2D eigenvalue weighted by atomic mass is 19.4. The molecule has 0 bridgehead atoms. The number of aryl methyl sites for hydroxylation is 2. The molecular weight excluding hydrogens is 409 g/mol. The number of amides is 1. The lowest BCUT2D eigenvalue weighted by molar-refractivity contribution is -0.141. The van der Waals surface area contributed by atoms with E-state index in [1.165, 1.54) is 6.20 Å². The maximum absolute atomic E-state index is 12.6. The predicted molar refractivity (Wildman–Crippen MR) is 107 cm³/mol. The lowest BCUT2D eigenvalue weighted by Crippen LogP contribution is -2.11.